The number of hydrogen-bond acceptors (Lipinski definition) is 4. The number of nitrogens with zero attached hydrogens (tertiary/aromatic N) is 4. The summed E-state index contributed by atoms with van der Waals surface area (Å²) in [7, 11) is 0. The number of aryl methyl sites for hydroxylation is 1. The van der Waals surface area contributed by atoms with Crippen LogP contribution >= 0.6 is 0 Å². The summed E-state index contributed by atoms with van der Waals surface area (Å²) in [5.41, 5.74) is 0. The third-order valence-corrected chi connectivity index (χ3v) is 2.12. The van der Waals surface area contributed by atoms with E-state index in [1.54, 1.807) is 11.6 Å². The molecule has 6 nitrogen and oxygen atoms in total. The third kappa shape index (κ3) is 2.27. The van der Waals surface area contributed by atoms with Crippen LogP contribution in [0.15, 0.2) is 0 Å². The molecule has 1 heterocycles. The minimum atomic E-state index is -0.835. The van der Waals surface area contributed by atoms with Crippen LogP contribution in [-0.4, -0.2) is 31.3 Å². The first-order chi connectivity index (χ1) is 6.52. The number of carboxylic acids is 1. The number of rotatable bonds is 4. The molecular formula is C8H14N4O2. The maximum atomic E-state index is 10.6. The minimum absolute atomic E-state index is 0.0452. The van der Waals surface area contributed by atoms with Crippen molar-refractivity contribution in [3.8, 4) is 0 Å². The van der Waals surface area contributed by atoms with Crippen LogP contribution in [0.1, 0.15) is 32.1 Å². The van der Waals surface area contributed by atoms with Gasteiger partial charge >= 0.3 is 5.97 Å². The molecule has 0 saturated carbocycles. The van der Waals surface area contributed by atoms with Gasteiger partial charge in [-0.05, 0) is 23.3 Å². The largest absolute Gasteiger partial charge is 0.481 e. The van der Waals surface area contributed by atoms with Gasteiger partial charge in [0.15, 0.2) is 0 Å². The predicted octanol–water partition coefficient (Wildman–Crippen LogP) is 0.653. The molecule has 0 aliphatic rings. The summed E-state index contributed by atoms with van der Waals surface area (Å²) in [6, 6.07) is -0.178. The number of carboxylic acid groups (broad SMARTS) is 1. The van der Waals surface area contributed by atoms with Crippen molar-refractivity contribution in [3.05, 3.63) is 5.82 Å². The third-order valence-electron chi connectivity index (χ3n) is 2.12. The average Bonchev–Trinajstić information content (AvgIpc) is 2.46. The fraction of sp³-hybridized carbons (Fsp3) is 0.750. The lowest BCUT2D eigenvalue weighted by atomic mass is 10.0. The second-order valence-corrected chi connectivity index (χ2v) is 3.58. The molecule has 1 rings (SSSR count). The Bertz CT molecular complexity index is 321. The van der Waals surface area contributed by atoms with Crippen molar-refractivity contribution in [2.45, 2.75) is 33.2 Å². The van der Waals surface area contributed by atoms with Gasteiger partial charge in [-0.3, -0.25) is 4.79 Å². The number of aromatic nitrogens is 4. The first-order valence-electron chi connectivity index (χ1n) is 4.48. The Morgan fingerprint density at radius 2 is 2.21 bits per heavy atom. The van der Waals surface area contributed by atoms with E-state index < -0.39 is 5.97 Å². The first-order valence-corrected chi connectivity index (χ1v) is 4.48. The molecule has 0 aliphatic carbocycles. The second-order valence-electron chi connectivity index (χ2n) is 3.58. The molecule has 0 saturated heterocycles. The smallest absolute Gasteiger partial charge is 0.305 e. The maximum Gasteiger partial charge on any atom is 0.305 e. The van der Waals surface area contributed by atoms with Crippen LogP contribution in [0, 0.1) is 12.8 Å². The molecule has 1 aromatic heterocycles. The highest BCUT2D eigenvalue weighted by atomic mass is 16.4. The van der Waals surface area contributed by atoms with E-state index >= 15 is 0 Å². The Kier molecular flexibility index (Phi) is 3.16. The van der Waals surface area contributed by atoms with E-state index in [1.165, 1.54) is 0 Å². The van der Waals surface area contributed by atoms with Crippen LogP contribution in [0.3, 0.4) is 0 Å². The summed E-state index contributed by atoms with van der Waals surface area (Å²) in [4.78, 5) is 10.6. The highest BCUT2D eigenvalue weighted by molar-refractivity contribution is 5.67. The van der Waals surface area contributed by atoms with Crippen molar-refractivity contribution in [2.24, 2.45) is 5.92 Å². The Balaban J connectivity index is 2.88. The van der Waals surface area contributed by atoms with Gasteiger partial charge in [-0.2, -0.15) is 0 Å². The van der Waals surface area contributed by atoms with Crippen molar-refractivity contribution < 1.29 is 9.90 Å². The number of hydrogen-bond donors (Lipinski definition) is 1. The van der Waals surface area contributed by atoms with E-state index in [0.717, 1.165) is 0 Å². The Hall–Kier alpha value is -1.46. The van der Waals surface area contributed by atoms with Gasteiger partial charge in [-0.25, -0.2) is 4.68 Å². The fourth-order valence-corrected chi connectivity index (χ4v) is 1.33. The molecular weight excluding hydrogens is 184 g/mol. The van der Waals surface area contributed by atoms with Gasteiger partial charge in [0.25, 0.3) is 0 Å². The molecule has 0 spiro atoms. The monoisotopic (exact) mass is 198 g/mol. The SMILES string of the molecule is Cc1nnnn1C(CC(=O)O)C(C)C. The zero-order chi connectivity index (χ0) is 10.7. The van der Waals surface area contributed by atoms with Crippen LogP contribution in [0.5, 0.6) is 0 Å². The van der Waals surface area contributed by atoms with E-state index in [9.17, 15) is 4.79 Å². The normalized spacial score (nSPS) is 13.1. The van der Waals surface area contributed by atoms with Crippen LogP contribution in [0.2, 0.25) is 0 Å². The van der Waals surface area contributed by atoms with Crippen molar-refractivity contribution in [2.75, 3.05) is 0 Å². The van der Waals surface area contributed by atoms with Gasteiger partial charge < -0.3 is 5.11 Å². The maximum absolute atomic E-state index is 10.6. The standard InChI is InChI=1S/C8H14N4O2/c1-5(2)7(4-8(13)14)12-6(3)9-10-11-12/h5,7H,4H2,1-3H3,(H,13,14). The van der Waals surface area contributed by atoms with E-state index in [1.807, 2.05) is 13.8 Å². The van der Waals surface area contributed by atoms with Gasteiger partial charge in [-0.15, -0.1) is 5.10 Å². The van der Waals surface area contributed by atoms with Crippen LogP contribution in [0.25, 0.3) is 0 Å². The molecule has 0 radical (unpaired) electrons. The fourth-order valence-electron chi connectivity index (χ4n) is 1.33. The van der Waals surface area contributed by atoms with E-state index in [2.05, 4.69) is 15.5 Å². The molecule has 1 N–H and O–H groups in total. The highest BCUT2D eigenvalue weighted by Gasteiger charge is 2.21. The summed E-state index contributed by atoms with van der Waals surface area (Å²) in [5.74, 6) is -0.00292. The predicted molar refractivity (Wildman–Crippen MR) is 48.7 cm³/mol. The van der Waals surface area contributed by atoms with Crippen LogP contribution in [0.4, 0.5) is 0 Å². The quantitative estimate of drug-likeness (QED) is 0.768. The van der Waals surface area contributed by atoms with Crippen molar-refractivity contribution in [1.29, 1.82) is 0 Å². The van der Waals surface area contributed by atoms with Gasteiger partial charge in [0, 0.05) is 0 Å². The minimum Gasteiger partial charge on any atom is -0.481 e. The molecule has 1 unspecified atom stereocenters. The first kappa shape index (κ1) is 10.6. The Morgan fingerprint density at radius 3 is 2.57 bits per heavy atom. The number of tetrazole rings is 1. The van der Waals surface area contributed by atoms with Gasteiger partial charge in [0.05, 0.1) is 12.5 Å². The second kappa shape index (κ2) is 4.17. The zero-order valence-electron chi connectivity index (χ0n) is 8.51. The van der Waals surface area contributed by atoms with Gasteiger partial charge in [-0.1, -0.05) is 13.8 Å². The van der Waals surface area contributed by atoms with Crippen molar-refractivity contribution >= 4 is 5.97 Å². The van der Waals surface area contributed by atoms with Crippen LogP contribution < -0.4 is 0 Å². The summed E-state index contributed by atoms with van der Waals surface area (Å²) in [6.07, 6.45) is 0.0452. The summed E-state index contributed by atoms with van der Waals surface area (Å²) >= 11 is 0. The average molecular weight is 198 g/mol. The molecule has 0 fully saturated rings. The highest BCUT2D eigenvalue weighted by Crippen LogP contribution is 2.20. The lowest BCUT2D eigenvalue weighted by Gasteiger charge is -2.19. The molecule has 1 atom stereocenters. The Morgan fingerprint density at radius 1 is 1.57 bits per heavy atom. The van der Waals surface area contributed by atoms with Gasteiger partial charge in [0.2, 0.25) is 0 Å². The van der Waals surface area contributed by atoms with Crippen molar-refractivity contribution in [3.63, 3.8) is 0 Å². The lowest BCUT2D eigenvalue weighted by molar-refractivity contribution is -0.138. The molecule has 0 aromatic carbocycles. The summed E-state index contributed by atoms with van der Waals surface area (Å²) in [5, 5.41) is 19.8. The topological polar surface area (TPSA) is 80.9 Å². The number of aliphatic carboxylic acids is 1. The molecule has 14 heavy (non-hydrogen) atoms. The molecule has 0 aliphatic heterocycles. The Labute approximate surface area is 81.9 Å². The van der Waals surface area contributed by atoms with E-state index in [-0.39, 0.29) is 18.4 Å². The number of carbonyl (C=O) groups is 1. The van der Waals surface area contributed by atoms with E-state index in [0.29, 0.717) is 5.82 Å². The summed E-state index contributed by atoms with van der Waals surface area (Å²) < 4.78 is 1.57. The summed E-state index contributed by atoms with van der Waals surface area (Å²) in [6.45, 7) is 5.67. The molecule has 1 aromatic rings. The molecule has 0 amide bonds. The zero-order valence-corrected chi connectivity index (χ0v) is 8.51. The lowest BCUT2D eigenvalue weighted by Crippen LogP contribution is -2.21. The van der Waals surface area contributed by atoms with Gasteiger partial charge in [0.1, 0.15) is 5.82 Å². The van der Waals surface area contributed by atoms with Crippen molar-refractivity contribution in [1.82, 2.24) is 20.2 Å². The molecule has 0 bridgehead atoms. The molecule has 6 heteroatoms. The van der Waals surface area contributed by atoms with E-state index in [4.69, 9.17) is 5.11 Å². The van der Waals surface area contributed by atoms with Crippen LogP contribution in [-0.2, 0) is 4.79 Å². The molecule has 78 valence electrons.